The molecule has 1 aliphatic heterocycles. The van der Waals surface area contributed by atoms with Crippen LogP contribution in [-0.4, -0.2) is 42.5 Å². The van der Waals surface area contributed by atoms with E-state index in [1.807, 2.05) is 54.6 Å². The minimum absolute atomic E-state index is 0.0635. The largest absolute Gasteiger partial charge is 0.487 e. The monoisotopic (exact) mass is 371 g/mol. The molecule has 1 aliphatic rings. The Bertz CT molecular complexity index is 772. The summed E-state index contributed by atoms with van der Waals surface area (Å²) in [4.78, 5) is 18.8. The lowest BCUT2D eigenvalue weighted by Gasteiger charge is -2.14. The second kappa shape index (κ2) is 8.96. The number of likely N-dealkylation sites (tertiary alicyclic amines) is 1. The maximum Gasteiger partial charge on any atom is 0.246 e. The van der Waals surface area contributed by atoms with E-state index in [2.05, 4.69) is 10.3 Å². The van der Waals surface area contributed by atoms with Crippen molar-refractivity contribution in [3.63, 3.8) is 0 Å². The van der Waals surface area contributed by atoms with Crippen molar-refractivity contribution in [2.75, 3.05) is 26.7 Å². The van der Waals surface area contributed by atoms with E-state index in [1.54, 1.807) is 17.4 Å². The summed E-state index contributed by atoms with van der Waals surface area (Å²) in [5.41, 5.74) is 1.83. The van der Waals surface area contributed by atoms with Gasteiger partial charge in [-0.2, -0.15) is 0 Å². The highest BCUT2D eigenvalue weighted by atomic mass is 32.1. The lowest BCUT2D eigenvalue weighted by molar-refractivity contribution is -0.125. The number of hydrogen-bond acceptors (Lipinski definition) is 5. The third kappa shape index (κ3) is 4.93. The number of benzene rings is 1. The Morgan fingerprint density at radius 2 is 2.31 bits per heavy atom. The average molecular weight is 372 g/mol. The van der Waals surface area contributed by atoms with Gasteiger partial charge in [0, 0.05) is 30.1 Å². The number of aromatic nitrogens is 1. The molecule has 1 aromatic heterocycles. The van der Waals surface area contributed by atoms with Crippen molar-refractivity contribution in [1.82, 2.24) is 15.2 Å². The number of thiazole rings is 1. The van der Waals surface area contributed by atoms with Gasteiger partial charge in [-0.3, -0.25) is 4.79 Å². The van der Waals surface area contributed by atoms with Gasteiger partial charge in [-0.15, -0.1) is 11.3 Å². The summed E-state index contributed by atoms with van der Waals surface area (Å²) < 4.78 is 5.90. The number of amides is 1. The predicted octanol–water partition coefficient (Wildman–Crippen LogP) is 3.11. The highest BCUT2D eigenvalue weighted by Gasteiger charge is 2.24. The minimum atomic E-state index is 0.0635. The average Bonchev–Trinajstić information content (AvgIpc) is 3.28. The zero-order valence-corrected chi connectivity index (χ0v) is 16.1. The quantitative estimate of drug-likeness (QED) is 0.760. The lowest BCUT2D eigenvalue weighted by Crippen LogP contribution is -2.28. The van der Waals surface area contributed by atoms with Crippen LogP contribution < -0.4 is 10.1 Å². The Kier molecular flexibility index (Phi) is 6.41. The van der Waals surface area contributed by atoms with E-state index in [0.717, 1.165) is 48.1 Å². The van der Waals surface area contributed by atoms with Crippen molar-refractivity contribution in [2.24, 2.45) is 5.92 Å². The molecule has 0 spiro atoms. The maximum atomic E-state index is 12.4. The van der Waals surface area contributed by atoms with Crippen LogP contribution in [0.5, 0.6) is 5.75 Å². The highest BCUT2D eigenvalue weighted by molar-refractivity contribution is 7.09. The van der Waals surface area contributed by atoms with Crippen molar-refractivity contribution < 1.29 is 9.53 Å². The van der Waals surface area contributed by atoms with Gasteiger partial charge in [0.2, 0.25) is 5.91 Å². The molecule has 1 fully saturated rings. The Morgan fingerprint density at radius 3 is 3.08 bits per heavy atom. The van der Waals surface area contributed by atoms with E-state index >= 15 is 0 Å². The number of rotatable bonds is 7. The van der Waals surface area contributed by atoms with E-state index in [9.17, 15) is 4.79 Å². The molecule has 1 saturated heterocycles. The first-order chi connectivity index (χ1) is 12.7. The standard InChI is InChI=1S/C20H25N3O2S/c1-15-22-18(14-26-15)13-25-19-6-4-3-5-17(19)7-8-20(24)23-10-9-16(12-23)11-21-2/h3-8,14,16,21H,9-13H2,1-2H3. The summed E-state index contributed by atoms with van der Waals surface area (Å²) in [6, 6.07) is 7.76. The second-order valence-corrected chi connectivity index (χ2v) is 7.58. The summed E-state index contributed by atoms with van der Waals surface area (Å²) >= 11 is 1.62. The predicted molar refractivity (Wildman–Crippen MR) is 105 cm³/mol. The van der Waals surface area contributed by atoms with Gasteiger partial charge in [-0.1, -0.05) is 18.2 Å². The smallest absolute Gasteiger partial charge is 0.246 e. The van der Waals surface area contributed by atoms with Gasteiger partial charge in [-0.05, 0) is 45.0 Å². The maximum absolute atomic E-state index is 12.4. The number of nitrogens with one attached hydrogen (secondary N) is 1. The van der Waals surface area contributed by atoms with Crippen LogP contribution in [0.4, 0.5) is 0 Å². The van der Waals surface area contributed by atoms with Gasteiger partial charge in [0.15, 0.2) is 0 Å². The fourth-order valence-electron chi connectivity index (χ4n) is 3.13. The Labute approximate surface area is 158 Å². The van der Waals surface area contributed by atoms with Crippen LogP contribution in [0.2, 0.25) is 0 Å². The number of para-hydroxylation sites is 1. The summed E-state index contributed by atoms with van der Waals surface area (Å²) in [5, 5.41) is 6.22. The number of carbonyl (C=O) groups excluding carboxylic acids is 1. The Balaban J connectivity index is 1.60. The number of aryl methyl sites for hydroxylation is 1. The van der Waals surface area contributed by atoms with Crippen molar-refractivity contribution in [1.29, 1.82) is 0 Å². The fourth-order valence-corrected chi connectivity index (χ4v) is 3.73. The molecule has 1 aromatic carbocycles. The van der Waals surface area contributed by atoms with Crippen LogP contribution >= 0.6 is 11.3 Å². The summed E-state index contributed by atoms with van der Waals surface area (Å²) in [5.74, 6) is 1.37. The van der Waals surface area contributed by atoms with Gasteiger partial charge in [0.05, 0.1) is 10.7 Å². The van der Waals surface area contributed by atoms with E-state index in [4.69, 9.17) is 4.74 Å². The molecule has 0 aliphatic carbocycles. The topological polar surface area (TPSA) is 54.5 Å². The van der Waals surface area contributed by atoms with Gasteiger partial charge in [0.25, 0.3) is 0 Å². The SMILES string of the molecule is CNCC1CCN(C(=O)C=Cc2ccccc2OCc2csc(C)n2)C1. The van der Waals surface area contributed by atoms with Crippen molar-refractivity contribution in [2.45, 2.75) is 20.0 Å². The summed E-state index contributed by atoms with van der Waals surface area (Å²) in [6.07, 6.45) is 4.56. The minimum Gasteiger partial charge on any atom is -0.487 e. The van der Waals surface area contributed by atoms with Crippen LogP contribution in [0.25, 0.3) is 6.08 Å². The number of nitrogens with zero attached hydrogens (tertiary/aromatic N) is 2. The molecule has 1 unspecified atom stereocenters. The molecule has 26 heavy (non-hydrogen) atoms. The first-order valence-electron chi connectivity index (χ1n) is 8.90. The molecule has 2 aromatic rings. The highest BCUT2D eigenvalue weighted by Crippen LogP contribution is 2.22. The van der Waals surface area contributed by atoms with Crippen LogP contribution in [0.15, 0.2) is 35.7 Å². The first-order valence-corrected chi connectivity index (χ1v) is 9.78. The van der Waals surface area contributed by atoms with Crippen molar-refractivity contribution >= 4 is 23.3 Å². The van der Waals surface area contributed by atoms with Gasteiger partial charge in [-0.25, -0.2) is 4.98 Å². The van der Waals surface area contributed by atoms with Crippen LogP contribution in [0.1, 0.15) is 22.7 Å². The van der Waals surface area contributed by atoms with Crippen LogP contribution in [0, 0.1) is 12.8 Å². The van der Waals surface area contributed by atoms with Gasteiger partial charge >= 0.3 is 0 Å². The molecular formula is C20H25N3O2S. The fraction of sp³-hybridized carbons (Fsp3) is 0.400. The molecule has 138 valence electrons. The molecule has 1 amide bonds. The Morgan fingerprint density at radius 1 is 1.46 bits per heavy atom. The third-order valence-corrected chi connectivity index (χ3v) is 5.28. The molecule has 1 atom stereocenters. The molecule has 0 saturated carbocycles. The zero-order chi connectivity index (χ0) is 18.4. The Hall–Kier alpha value is -2.18. The third-order valence-electron chi connectivity index (χ3n) is 4.46. The van der Waals surface area contributed by atoms with E-state index < -0.39 is 0 Å². The lowest BCUT2D eigenvalue weighted by atomic mass is 10.1. The molecule has 0 radical (unpaired) electrons. The molecule has 0 bridgehead atoms. The number of carbonyl (C=O) groups is 1. The number of hydrogen-bond donors (Lipinski definition) is 1. The van der Waals surface area contributed by atoms with Gasteiger partial charge in [0.1, 0.15) is 12.4 Å². The summed E-state index contributed by atoms with van der Waals surface area (Å²) in [7, 11) is 1.95. The van der Waals surface area contributed by atoms with Crippen molar-refractivity contribution in [3.05, 3.63) is 52.0 Å². The molecule has 3 rings (SSSR count). The van der Waals surface area contributed by atoms with Crippen LogP contribution in [-0.2, 0) is 11.4 Å². The molecule has 6 heteroatoms. The zero-order valence-electron chi connectivity index (χ0n) is 15.3. The molecule has 5 nitrogen and oxygen atoms in total. The van der Waals surface area contributed by atoms with Crippen molar-refractivity contribution in [3.8, 4) is 5.75 Å². The molecule has 1 N–H and O–H groups in total. The number of ether oxygens (including phenoxy) is 1. The molecular weight excluding hydrogens is 346 g/mol. The molecule has 2 heterocycles. The summed E-state index contributed by atoms with van der Waals surface area (Å²) in [6.45, 7) is 5.03. The normalized spacial score (nSPS) is 17.2. The first kappa shape index (κ1) is 18.6. The van der Waals surface area contributed by atoms with E-state index in [0.29, 0.717) is 12.5 Å². The van der Waals surface area contributed by atoms with Gasteiger partial charge < -0.3 is 15.0 Å². The van der Waals surface area contributed by atoms with E-state index in [-0.39, 0.29) is 5.91 Å². The van der Waals surface area contributed by atoms with Crippen LogP contribution in [0.3, 0.4) is 0 Å². The van der Waals surface area contributed by atoms with E-state index in [1.165, 1.54) is 0 Å². The second-order valence-electron chi connectivity index (χ2n) is 6.51.